The first-order valence-corrected chi connectivity index (χ1v) is 10.5. The number of carbonyl (C=O) groups is 1. The third kappa shape index (κ3) is 2.73. The molecule has 2 saturated heterocycles. The molecule has 3 aliphatic heterocycles. The van der Waals surface area contributed by atoms with Gasteiger partial charge in [0.1, 0.15) is 16.9 Å². The van der Waals surface area contributed by atoms with Gasteiger partial charge in [0.15, 0.2) is 0 Å². The van der Waals surface area contributed by atoms with Gasteiger partial charge in [0.25, 0.3) is 0 Å². The van der Waals surface area contributed by atoms with Crippen LogP contribution in [0.25, 0.3) is 0 Å². The predicted octanol–water partition coefficient (Wildman–Crippen LogP) is 2.79. The molecule has 0 radical (unpaired) electrons. The third-order valence-electron chi connectivity index (χ3n) is 6.66. The SMILES string of the molecule is NC(=O)[C@@H]1CCCN1c1c(Cl)c(F)cc2c1CC1(c3ccccc3)CNCCN21. The van der Waals surface area contributed by atoms with Crippen molar-refractivity contribution in [2.75, 3.05) is 36.0 Å². The van der Waals surface area contributed by atoms with Crippen molar-refractivity contribution < 1.29 is 9.18 Å². The van der Waals surface area contributed by atoms with Gasteiger partial charge in [-0.2, -0.15) is 0 Å². The molecule has 2 atom stereocenters. The summed E-state index contributed by atoms with van der Waals surface area (Å²) in [7, 11) is 0. The highest BCUT2D eigenvalue weighted by Gasteiger charge is 2.49. The fourth-order valence-electron chi connectivity index (χ4n) is 5.39. The summed E-state index contributed by atoms with van der Waals surface area (Å²) in [4.78, 5) is 16.3. The fourth-order valence-corrected chi connectivity index (χ4v) is 5.66. The fraction of sp³-hybridized carbons (Fsp3) is 0.409. The second-order valence-corrected chi connectivity index (χ2v) is 8.55. The van der Waals surface area contributed by atoms with Crippen LogP contribution in [-0.2, 0) is 16.8 Å². The summed E-state index contributed by atoms with van der Waals surface area (Å²) >= 11 is 6.51. The smallest absolute Gasteiger partial charge is 0.240 e. The van der Waals surface area contributed by atoms with Gasteiger partial charge in [0, 0.05) is 43.9 Å². The molecule has 0 bridgehead atoms. The Morgan fingerprint density at radius 2 is 2.07 bits per heavy atom. The Morgan fingerprint density at radius 1 is 1.28 bits per heavy atom. The first-order valence-electron chi connectivity index (χ1n) is 10.1. The molecule has 2 aromatic carbocycles. The van der Waals surface area contributed by atoms with Crippen molar-refractivity contribution in [3.8, 4) is 0 Å². The van der Waals surface area contributed by atoms with Crippen LogP contribution in [0.15, 0.2) is 36.4 Å². The van der Waals surface area contributed by atoms with Gasteiger partial charge >= 0.3 is 0 Å². The number of primary amides is 1. The first kappa shape index (κ1) is 18.7. The number of nitrogens with zero attached hydrogens (tertiary/aromatic N) is 2. The van der Waals surface area contributed by atoms with Crippen LogP contribution in [0.3, 0.4) is 0 Å². The molecule has 2 fully saturated rings. The Labute approximate surface area is 174 Å². The number of hydrogen-bond donors (Lipinski definition) is 2. The summed E-state index contributed by atoms with van der Waals surface area (Å²) in [6.07, 6.45) is 2.22. The number of nitrogens with two attached hydrogens (primary N) is 1. The molecule has 0 spiro atoms. The number of halogens is 2. The van der Waals surface area contributed by atoms with Crippen molar-refractivity contribution in [3.05, 3.63) is 58.4 Å². The molecular formula is C22H24ClFN4O. The molecule has 7 heteroatoms. The molecule has 5 rings (SSSR count). The number of rotatable bonds is 3. The van der Waals surface area contributed by atoms with E-state index in [4.69, 9.17) is 17.3 Å². The third-order valence-corrected chi connectivity index (χ3v) is 7.02. The number of hydrogen-bond acceptors (Lipinski definition) is 4. The minimum absolute atomic E-state index is 0.0907. The molecule has 29 heavy (non-hydrogen) atoms. The van der Waals surface area contributed by atoms with E-state index < -0.39 is 11.9 Å². The zero-order valence-corrected chi connectivity index (χ0v) is 16.9. The van der Waals surface area contributed by atoms with Crippen LogP contribution in [-0.4, -0.2) is 38.1 Å². The molecule has 3 N–H and O–H groups in total. The normalized spacial score (nSPS) is 25.8. The lowest BCUT2D eigenvalue weighted by atomic mass is 9.84. The largest absolute Gasteiger partial charge is 0.368 e. The van der Waals surface area contributed by atoms with Crippen molar-refractivity contribution in [2.24, 2.45) is 5.73 Å². The average molecular weight is 415 g/mol. The maximum atomic E-state index is 15.0. The van der Waals surface area contributed by atoms with E-state index in [1.807, 2.05) is 23.1 Å². The Morgan fingerprint density at radius 3 is 2.83 bits per heavy atom. The lowest BCUT2D eigenvalue weighted by Gasteiger charge is -2.45. The molecule has 1 unspecified atom stereocenters. The number of benzene rings is 2. The van der Waals surface area contributed by atoms with E-state index in [1.54, 1.807) is 6.07 Å². The quantitative estimate of drug-likeness (QED) is 0.810. The van der Waals surface area contributed by atoms with Gasteiger partial charge < -0.3 is 20.9 Å². The van der Waals surface area contributed by atoms with Crippen LogP contribution in [0.1, 0.15) is 24.0 Å². The zero-order valence-electron chi connectivity index (χ0n) is 16.1. The monoisotopic (exact) mass is 414 g/mol. The second-order valence-electron chi connectivity index (χ2n) is 8.18. The van der Waals surface area contributed by atoms with Gasteiger partial charge in [-0.05, 0) is 24.5 Å². The van der Waals surface area contributed by atoms with E-state index >= 15 is 0 Å². The summed E-state index contributed by atoms with van der Waals surface area (Å²) in [6.45, 7) is 3.03. The molecular weight excluding hydrogens is 391 g/mol. The highest BCUT2D eigenvalue weighted by atomic mass is 35.5. The molecule has 5 nitrogen and oxygen atoms in total. The number of fused-ring (bicyclic) bond motifs is 3. The van der Waals surface area contributed by atoms with Crippen LogP contribution < -0.4 is 20.9 Å². The molecule has 3 aliphatic rings. The molecule has 0 aliphatic carbocycles. The van der Waals surface area contributed by atoms with Crippen LogP contribution in [0, 0.1) is 5.82 Å². The van der Waals surface area contributed by atoms with Gasteiger partial charge in [-0.15, -0.1) is 0 Å². The highest BCUT2D eigenvalue weighted by molar-refractivity contribution is 6.34. The minimum Gasteiger partial charge on any atom is -0.368 e. The number of amides is 1. The summed E-state index contributed by atoms with van der Waals surface area (Å²) in [5, 5.41) is 3.61. The molecule has 1 amide bonds. The maximum Gasteiger partial charge on any atom is 0.240 e. The number of piperazine rings is 1. The van der Waals surface area contributed by atoms with E-state index in [0.29, 0.717) is 25.1 Å². The van der Waals surface area contributed by atoms with Gasteiger partial charge in [0.2, 0.25) is 5.91 Å². The van der Waals surface area contributed by atoms with Crippen LogP contribution in [0.4, 0.5) is 15.8 Å². The van der Waals surface area contributed by atoms with Crippen LogP contribution in [0.2, 0.25) is 5.02 Å². The van der Waals surface area contributed by atoms with E-state index in [0.717, 1.165) is 37.3 Å². The topological polar surface area (TPSA) is 61.6 Å². The Balaban J connectivity index is 1.69. The van der Waals surface area contributed by atoms with Gasteiger partial charge in [-0.1, -0.05) is 41.9 Å². The Kier molecular flexibility index (Phi) is 4.44. The Hall–Kier alpha value is -2.31. The van der Waals surface area contributed by atoms with Gasteiger partial charge in [-0.25, -0.2) is 4.39 Å². The van der Waals surface area contributed by atoms with Crippen molar-refractivity contribution >= 4 is 28.9 Å². The summed E-state index contributed by atoms with van der Waals surface area (Å²) in [5.74, 6) is -0.829. The van der Waals surface area contributed by atoms with Crippen molar-refractivity contribution in [1.29, 1.82) is 0 Å². The summed E-state index contributed by atoms with van der Waals surface area (Å²) in [5.41, 5.74) is 9.09. The standard InChI is InChI=1S/C22H24ClFN4O/c23-19-16(24)11-18-15(20(19)27-9-4-7-17(27)21(25)29)12-22(13-26-8-10-28(18)22)14-5-2-1-3-6-14/h1-3,5-6,11,17,26H,4,7-10,12-13H2,(H2,25,29)/t17-,22?/m0/s1. The van der Waals surface area contributed by atoms with Gasteiger partial charge in [0.05, 0.1) is 11.2 Å². The molecule has 0 saturated carbocycles. The summed E-state index contributed by atoms with van der Waals surface area (Å²) < 4.78 is 15.0. The minimum atomic E-state index is -0.446. The van der Waals surface area contributed by atoms with Gasteiger partial charge in [-0.3, -0.25) is 4.79 Å². The molecule has 2 aromatic rings. The first-order chi connectivity index (χ1) is 14.0. The average Bonchev–Trinajstić information content (AvgIpc) is 3.33. The number of anilines is 2. The molecule has 0 aromatic heterocycles. The number of carbonyl (C=O) groups excluding carboxylic acids is 1. The van der Waals surface area contributed by atoms with Crippen LogP contribution in [0.5, 0.6) is 0 Å². The molecule has 152 valence electrons. The lowest BCUT2D eigenvalue weighted by molar-refractivity contribution is -0.119. The highest BCUT2D eigenvalue weighted by Crippen LogP contribution is 2.52. The van der Waals surface area contributed by atoms with Crippen molar-refractivity contribution in [3.63, 3.8) is 0 Å². The predicted molar refractivity (Wildman–Crippen MR) is 113 cm³/mol. The van der Waals surface area contributed by atoms with E-state index in [1.165, 1.54) is 5.56 Å². The van der Waals surface area contributed by atoms with E-state index in [-0.39, 0.29) is 16.5 Å². The lowest BCUT2D eigenvalue weighted by Crippen LogP contribution is -2.57. The number of nitrogens with one attached hydrogen (secondary N) is 1. The van der Waals surface area contributed by atoms with Crippen molar-refractivity contribution in [2.45, 2.75) is 30.8 Å². The zero-order chi connectivity index (χ0) is 20.2. The second kappa shape index (κ2) is 6.89. The van der Waals surface area contributed by atoms with E-state index in [2.05, 4.69) is 22.3 Å². The van der Waals surface area contributed by atoms with E-state index in [9.17, 15) is 9.18 Å². The van der Waals surface area contributed by atoms with Crippen LogP contribution >= 0.6 is 11.6 Å². The summed E-state index contributed by atoms with van der Waals surface area (Å²) in [6, 6.07) is 11.5. The Bertz CT molecular complexity index is 969. The molecule has 3 heterocycles. The maximum absolute atomic E-state index is 15.0. The van der Waals surface area contributed by atoms with Crippen molar-refractivity contribution in [1.82, 2.24) is 5.32 Å².